The quantitative estimate of drug-likeness (QED) is 0.888. The van der Waals surface area contributed by atoms with Crippen molar-refractivity contribution >= 4 is 0 Å². The average molecular weight is 249 g/mol. The van der Waals surface area contributed by atoms with Crippen LogP contribution in [-0.4, -0.2) is 16.6 Å². The molecule has 3 nitrogen and oxygen atoms in total. The van der Waals surface area contributed by atoms with Crippen molar-refractivity contribution in [3.63, 3.8) is 0 Å². The lowest BCUT2D eigenvalue weighted by atomic mass is 9.82. The van der Waals surface area contributed by atoms with E-state index in [1.165, 1.54) is 31.4 Å². The summed E-state index contributed by atoms with van der Waals surface area (Å²) in [5.41, 5.74) is 1.29. The van der Waals surface area contributed by atoms with Crippen molar-refractivity contribution in [1.29, 1.82) is 0 Å². The van der Waals surface area contributed by atoms with Crippen LogP contribution in [-0.2, 0) is 12.1 Å². The molecule has 1 aliphatic carbocycles. The Morgan fingerprint density at radius 1 is 1.44 bits per heavy atom. The second-order valence-electron chi connectivity index (χ2n) is 6.44. The number of nitrogens with zero attached hydrogens (tertiary/aromatic N) is 2. The molecule has 18 heavy (non-hydrogen) atoms. The third-order valence-corrected chi connectivity index (χ3v) is 4.48. The highest BCUT2D eigenvalue weighted by Gasteiger charge is 2.25. The van der Waals surface area contributed by atoms with Crippen molar-refractivity contribution in [1.82, 2.24) is 14.9 Å². The van der Waals surface area contributed by atoms with Crippen molar-refractivity contribution in [3.05, 3.63) is 18.2 Å². The van der Waals surface area contributed by atoms with E-state index in [2.05, 4.69) is 35.6 Å². The molecule has 1 N–H and O–H groups in total. The standard InChI is InChI=1S/C15H27N3/c1-12-6-5-7-13(8-12)10-18-11-17-9-14(18)15(2,3)16-4/h9,11-13,16H,5-8,10H2,1-4H3. The molecule has 1 saturated carbocycles. The van der Waals surface area contributed by atoms with Gasteiger partial charge in [-0.3, -0.25) is 0 Å². The fraction of sp³-hybridized carbons (Fsp3) is 0.800. The van der Waals surface area contributed by atoms with Gasteiger partial charge in [-0.1, -0.05) is 19.8 Å². The molecule has 2 atom stereocenters. The van der Waals surface area contributed by atoms with Gasteiger partial charge >= 0.3 is 0 Å². The lowest BCUT2D eigenvalue weighted by Gasteiger charge is -2.30. The number of rotatable bonds is 4. The Morgan fingerprint density at radius 2 is 2.22 bits per heavy atom. The van der Waals surface area contributed by atoms with Crippen LogP contribution in [0.1, 0.15) is 52.1 Å². The third kappa shape index (κ3) is 2.94. The molecule has 3 heteroatoms. The highest BCUT2D eigenvalue weighted by Crippen LogP contribution is 2.30. The van der Waals surface area contributed by atoms with Crippen LogP contribution in [0.4, 0.5) is 0 Å². The molecular weight excluding hydrogens is 222 g/mol. The molecule has 1 heterocycles. The molecule has 1 aromatic heterocycles. The molecule has 102 valence electrons. The van der Waals surface area contributed by atoms with Crippen LogP contribution >= 0.6 is 0 Å². The topological polar surface area (TPSA) is 29.9 Å². The molecule has 1 aromatic rings. The Morgan fingerprint density at radius 3 is 2.89 bits per heavy atom. The van der Waals surface area contributed by atoms with Gasteiger partial charge in [0.1, 0.15) is 0 Å². The van der Waals surface area contributed by atoms with E-state index in [0.29, 0.717) is 0 Å². The Kier molecular flexibility index (Phi) is 4.10. The summed E-state index contributed by atoms with van der Waals surface area (Å²) < 4.78 is 2.35. The summed E-state index contributed by atoms with van der Waals surface area (Å²) in [5, 5.41) is 3.37. The molecule has 1 aliphatic rings. The molecule has 2 rings (SSSR count). The summed E-state index contributed by atoms with van der Waals surface area (Å²) >= 11 is 0. The van der Waals surface area contributed by atoms with Crippen LogP contribution in [0.2, 0.25) is 0 Å². The molecule has 0 bridgehead atoms. The van der Waals surface area contributed by atoms with Crippen molar-refractivity contribution in [2.45, 2.75) is 58.5 Å². The van der Waals surface area contributed by atoms with Gasteiger partial charge in [0.2, 0.25) is 0 Å². The Labute approximate surface area is 111 Å². The summed E-state index contributed by atoms with van der Waals surface area (Å²) in [6, 6.07) is 0. The molecule has 0 radical (unpaired) electrons. The van der Waals surface area contributed by atoms with Crippen LogP contribution in [0.15, 0.2) is 12.5 Å². The second-order valence-corrected chi connectivity index (χ2v) is 6.44. The van der Waals surface area contributed by atoms with E-state index in [-0.39, 0.29) is 5.54 Å². The van der Waals surface area contributed by atoms with Crippen LogP contribution in [0.3, 0.4) is 0 Å². The van der Waals surface area contributed by atoms with Crippen molar-refractivity contribution in [3.8, 4) is 0 Å². The number of nitrogens with one attached hydrogen (secondary N) is 1. The van der Waals surface area contributed by atoms with E-state index < -0.39 is 0 Å². The zero-order chi connectivity index (χ0) is 13.2. The number of aromatic nitrogens is 2. The maximum absolute atomic E-state index is 4.34. The van der Waals surface area contributed by atoms with Gasteiger partial charge in [-0.15, -0.1) is 0 Å². The largest absolute Gasteiger partial charge is 0.333 e. The monoisotopic (exact) mass is 249 g/mol. The fourth-order valence-electron chi connectivity index (χ4n) is 3.12. The Bertz CT molecular complexity index is 381. The number of imidazole rings is 1. The summed E-state index contributed by atoms with van der Waals surface area (Å²) in [5.74, 6) is 1.72. The molecule has 0 aromatic carbocycles. The van der Waals surface area contributed by atoms with Gasteiger partial charge in [-0.2, -0.15) is 0 Å². The normalized spacial score (nSPS) is 25.3. The predicted molar refractivity (Wildman–Crippen MR) is 75.4 cm³/mol. The third-order valence-electron chi connectivity index (χ3n) is 4.48. The minimum absolute atomic E-state index is 0.00319. The molecule has 0 saturated heterocycles. The second kappa shape index (κ2) is 5.43. The van der Waals surface area contributed by atoms with E-state index in [4.69, 9.17) is 0 Å². The minimum Gasteiger partial charge on any atom is -0.333 e. The highest BCUT2D eigenvalue weighted by atomic mass is 15.1. The van der Waals surface area contributed by atoms with E-state index in [1.807, 2.05) is 19.6 Å². The lowest BCUT2D eigenvalue weighted by molar-refractivity contribution is 0.250. The average Bonchev–Trinajstić information content (AvgIpc) is 2.78. The van der Waals surface area contributed by atoms with Gasteiger partial charge in [0.05, 0.1) is 17.6 Å². The smallest absolute Gasteiger partial charge is 0.0948 e. The van der Waals surface area contributed by atoms with Gasteiger partial charge in [0.25, 0.3) is 0 Å². The highest BCUT2D eigenvalue weighted by molar-refractivity contribution is 5.11. The zero-order valence-electron chi connectivity index (χ0n) is 12.2. The molecule has 0 amide bonds. The number of hydrogen-bond acceptors (Lipinski definition) is 2. The first-order chi connectivity index (χ1) is 8.53. The van der Waals surface area contributed by atoms with Gasteiger partial charge in [0.15, 0.2) is 0 Å². The predicted octanol–water partition coefficient (Wildman–Crippen LogP) is 3.16. The minimum atomic E-state index is -0.00319. The van der Waals surface area contributed by atoms with Crippen molar-refractivity contribution in [2.75, 3.05) is 7.05 Å². The lowest BCUT2D eigenvalue weighted by Crippen LogP contribution is -2.36. The first-order valence-corrected chi connectivity index (χ1v) is 7.22. The van der Waals surface area contributed by atoms with Crippen LogP contribution in [0.5, 0.6) is 0 Å². The van der Waals surface area contributed by atoms with E-state index in [0.717, 1.165) is 18.4 Å². The SMILES string of the molecule is CNC(C)(C)c1cncn1CC1CCCC(C)C1. The van der Waals surface area contributed by atoms with E-state index in [9.17, 15) is 0 Å². The molecule has 0 aliphatic heterocycles. The fourth-order valence-corrected chi connectivity index (χ4v) is 3.12. The summed E-state index contributed by atoms with van der Waals surface area (Å²) in [6.07, 6.45) is 9.55. The van der Waals surface area contributed by atoms with E-state index in [1.54, 1.807) is 0 Å². The zero-order valence-corrected chi connectivity index (χ0v) is 12.2. The van der Waals surface area contributed by atoms with Gasteiger partial charge in [-0.05, 0) is 45.6 Å². The molecule has 1 fully saturated rings. The van der Waals surface area contributed by atoms with Crippen LogP contribution in [0, 0.1) is 11.8 Å². The molecular formula is C15H27N3. The first-order valence-electron chi connectivity index (χ1n) is 7.22. The van der Waals surface area contributed by atoms with Crippen molar-refractivity contribution in [2.24, 2.45) is 11.8 Å². The maximum Gasteiger partial charge on any atom is 0.0948 e. The van der Waals surface area contributed by atoms with E-state index >= 15 is 0 Å². The molecule has 2 unspecified atom stereocenters. The Balaban J connectivity index is 2.08. The van der Waals surface area contributed by atoms with Crippen molar-refractivity contribution < 1.29 is 0 Å². The number of hydrogen-bond donors (Lipinski definition) is 1. The summed E-state index contributed by atoms with van der Waals surface area (Å²) in [6.45, 7) is 7.94. The van der Waals surface area contributed by atoms with Gasteiger partial charge in [0, 0.05) is 12.7 Å². The maximum atomic E-state index is 4.34. The van der Waals surface area contributed by atoms with Crippen LogP contribution in [0.25, 0.3) is 0 Å². The van der Waals surface area contributed by atoms with Crippen LogP contribution < -0.4 is 5.32 Å². The van der Waals surface area contributed by atoms with Gasteiger partial charge < -0.3 is 9.88 Å². The molecule has 0 spiro atoms. The first kappa shape index (κ1) is 13.6. The Hall–Kier alpha value is -0.830. The summed E-state index contributed by atoms with van der Waals surface area (Å²) in [4.78, 5) is 4.34. The van der Waals surface area contributed by atoms with Gasteiger partial charge in [-0.25, -0.2) is 4.98 Å². The summed E-state index contributed by atoms with van der Waals surface area (Å²) in [7, 11) is 2.01.